The summed E-state index contributed by atoms with van der Waals surface area (Å²) in [7, 11) is 0. The Labute approximate surface area is 281 Å². The maximum Gasteiger partial charge on any atom is 0.287 e. The summed E-state index contributed by atoms with van der Waals surface area (Å²) in [4.78, 5) is 32.2. The zero-order valence-electron chi connectivity index (χ0n) is 26.3. The van der Waals surface area contributed by atoms with Crippen molar-refractivity contribution >= 4 is 51.4 Å². The van der Waals surface area contributed by atoms with E-state index in [1.807, 2.05) is 47.9 Å². The number of aryl methyl sites for hydroxylation is 2. The van der Waals surface area contributed by atoms with Crippen molar-refractivity contribution in [2.24, 2.45) is 10.7 Å². The van der Waals surface area contributed by atoms with Crippen LogP contribution in [0, 0.1) is 32.6 Å². The van der Waals surface area contributed by atoms with Crippen molar-refractivity contribution in [2.45, 2.75) is 46.1 Å². The Bertz CT molecular complexity index is 2060. The van der Waals surface area contributed by atoms with Crippen LogP contribution in [-0.2, 0) is 4.79 Å². The highest BCUT2D eigenvalue weighted by Crippen LogP contribution is 2.39. The molecule has 0 saturated heterocycles. The number of rotatable bonds is 9. The first-order valence-electron chi connectivity index (χ1n) is 15.4. The van der Waals surface area contributed by atoms with Crippen molar-refractivity contribution in [3.8, 4) is 16.8 Å². The number of carbonyl (C=O) groups is 2. The number of nitrogens with one attached hydrogen (secondary N) is 2. The Morgan fingerprint density at radius 2 is 1.81 bits per heavy atom. The monoisotopic (exact) mass is 667 g/mol. The smallest absolute Gasteiger partial charge is 0.287 e. The Balaban J connectivity index is 1.07. The lowest BCUT2D eigenvalue weighted by Gasteiger charge is -2.13. The third-order valence-corrected chi connectivity index (χ3v) is 9.47. The van der Waals surface area contributed by atoms with Gasteiger partial charge in [-0.1, -0.05) is 35.6 Å². The van der Waals surface area contributed by atoms with Crippen molar-refractivity contribution in [1.82, 2.24) is 25.4 Å². The van der Waals surface area contributed by atoms with E-state index in [1.54, 1.807) is 23.5 Å². The van der Waals surface area contributed by atoms with Crippen LogP contribution in [0.3, 0.4) is 0 Å². The zero-order chi connectivity index (χ0) is 33.1. The summed E-state index contributed by atoms with van der Waals surface area (Å²) < 4.78 is 7.74. The summed E-state index contributed by atoms with van der Waals surface area (Å²) >= 11 is 7.88. The van der Waals surface area contributed by atoms with Crippen molar-refractivity contribution in [2.75, 3.05) is 19.6 Å². The number of amides is 2. The molecule has 0 unspecified atom stereocenters. The maximum atomic E-state index is 13.2. The molecule has 2 amide bonds. The number of fused-ring (bicyclic) bond motifs is 4. The summed E-state index contributed by atoms with van der Waals surface area (Å²) in [5.74, 6) is 6.99. The standard InChI is InChI=1S/C35H34ClN7O3S/c1-20-21(2)47-35-31(20)32(24-9-11-26(36)12-10-24)40-27(33-42-41-22(3)43(33)35)19-30(44)38-15-4-5-16-39-34(45)29-18-25-17-23(7-6-14-37)8-13-28(25)46-29/h8-13,17-18,27H,4-5,14-16,19,37H2,1-3H3,(H,38,44)(H,39,45)/t27-/m0/s1. The molecule has 10 nitrogen and oxygen atoms in total. The van der Waals surface area contributed by atoms with Crippen LogP contribution in [0.15, 0.2) is 57.9 Å². The highest BCUT2D eigenvalue weighted by atomic mass is 35.5. The van der Waals surface area contributed by atoms with E-state index >= 15 is 0 Å². The van der Waals surface area contributed by atoms with Crippen LogP contribution in [0.1, 0.15) is 74.6 Å². The summed E-state index contributed by atoms with van der Waals surface area (Å²) in [5, 5.41) is 17.2. The Kier molecular flexibility index (Phi) is 9.54. The normalized spacial score (nSPS) is 13.6. The number of aliphatic imine (C=N–C) groups is 1. The predicted octanol–water partition coefficient (Wildman–Crippen LogP) is 5.57. The minimum atomic E-state index is -0.534. The molecule has 0 spiro atoms. The molecule has 4 heterocycles. The number of nitrogens with zero attached hydrogens (tertiary/aromatic N) is 4. The van der Waals surface area contributed by atoms with Gasteiger partial charge in [-0.3, -0.25) is 19.1 Å². The molecule has 1 aliphatic rings. The zero-order valence-corrected chi connectivity index (χ0v) is 27.9. The van der Waals surface area contributed by atoms with Gasteiger partial charge in [-0.05, 0) is 75.6 Å². The number of hydrogen-bond donors (Lipinski definition) is 3. The van der Waals surface area contributed by atoms with E-state index in [1.165, 1.54) is 4.88 Å². The van der Waals surface area contributed by atoms with Crippen LogP contribution in [-0.4, -0.2) is 51.9 Å². The second kappa shape index (κ2) is 13.9. The molecule has 0 radical (unpaired) electrons. The van der Waals surface area contributed by atoms with Gasteiger partial charge in [0.2, 0.25) is 5.91 Å². The van der Waals surface area contributed by atoms with Crippen molar-refractivity contribution in [1.29, 1.82) is 0 Å². The lowest BCUT2D eigenvalue weighted by atomic mass is 9.99. The van der Waals surface area contributed by atoms with E-state index in [0.717, 1.165) is 44.2 Å². The van der Waals surface area contributed by atoms with Gasteiger partial charge < -0.3 is 20.8 Å². The van der Waals surface area contributed by atoms with Gasteiger partial charge in [0.25, 0.3) is 5.91 Å². The first-order valence-corrected chi connectivity index (χ1v) is 16.6. The number of nitrogens with two attached hydrogens (primary N) is 1. The SMILES string of the molecule is Cc1sc2c(c1C)C(c1ccc(Cl)cc1)=N[C@@H](CC(=O)NCCCCNC(=O)c1cc3cc(C#CCN)ccc3o1)c1nnc(C)n1-2. The molecular formula is C35H34ClN7O3S. The fourth-order valence-electron chi connectivity index (χ4n) is 5.53. The number of unbranched alkanes of at least 4 members (excludes halogenated alkanes) is 1. The number of carbonyl (C=O) groups excluding carboxylic acids is 2. The Morgan fingerprint density at radius 3 is 2.57 bits per heavy atom. The number of furan rings is 1. The maximum absolute atomic E-state index is 13.2. The van der Waals surface area contributed by atoms with Gasteiger partial charge in [0.05, 0.1) is 18.7 Å². The molecule has 240 valence electrons. The van der Waals surface area contributed by atoms with Crippen molar-refractivity contribution in [3.63, 3.8) is 0 Å². The molecule has 0 aliphatic carbocycles. The van der Waals surface area contributed by atoms with Gasteiger partial charge in [0.15, 0.2) is 11.6 Å². The topological polar surface area (TPSA) is 140 Å². The molecule has 47 heavy (non-hydrogen) atoms. The second-order valence-electron chi connectivity index (χ2n) is 11.3. The minimum absolute atomic E-state index is 0.116. The molecule has 2 aromatic carbocycles. The van der Waals surface area contributed by atoms with Gasteiger partial charge in [0, 0.05) is 45.1 Å². The van der Waals surface area contributed by atoms with Crippen molar-refractivity contribution < 1.29 is 14.0 Å². The van der Waals surface area contributed by atoms with Crippen LogP contribution >= 0.6 is 22.9 Å². The quantitative estimate of drug-likeness (QED) is 0.139. The third kappa shape index (κ3) is 6.86. The third-order valence-electron chi connectivity index (χ3n) is 8.02. The van der Waals surface area contributed by atoms with E-state index in [2.05, 4.69) is 46.5 Å². The van der Waals surface area contributed by atoms with Crippen LogP contribution in [0.4, 0.5) is 0 Å². The van der Waals surface area contributed by atoms with Crippen LogP contribution in [0.5, 0.6) is 0 Å². The van der Waals surface area contributed by atoms with Crippen LogP contribution in [0.25, 0.3) is 16.0 Å². The fourth-order valence-corrected chi connectivity index (χ4v) is 6.87. The molecule has 4 N–H and O–H groups in total. The molecular weight excluding hydrogens is 634 g/mol. The second-order valence-corrected chi connectivity index (χ2v) is 12.9. The molecule has 0 bridgehead atoms. The lowest BCUT2D eigenvalue weighted by Crippen LogP contribution is -2.28. The number of thiophene rings is 1. The summed E-state index contributed by atoms with van der Waals surface area (Å²) in [6.45, 7) is 7.29. The van der Waals surface area contributed by atoms with Crippen LogP contribution < -0.4 is 16.4 Å². The molecule has 1 aliphatic heterocycles. The first-order chi connectivity index (χ1) is 22.7. The number of aromatic nitrogens is 3. The molecule has 6 rings (SSSR count). The van der Waals surface area contributed by atoms with E-state index < -0.39 is 6.04 Å². The van der Waals surface area contributed by atoms with Gasteiger partial charge in [-0.15, -0.1) is 21.5 Å². The Hall–Kier alpha value is -4.76. The van der Waals surface area contributed by atoms with Gasteiger partial charge in [-0.25, -0.2) is 0 Å². The van der Waals surface area contributed by atoms with E-state index in [-0.39, 0.29) is 30.5 Å². The van der Waals surface area contributed by atoms with Gasteiger partial charge in [-0.2, -0.15) is 0 Å². The number of hydrogen-bond acceptors (Lipinski definition) is 8. The fraction of sp³-hybridized carbons (Fsp3) is 0.286. The average Bonchev–Trinajstić information content (AvgIpc) is 3.72. The number of halogens is 1. The molecule has 0 saturated carbocycles. The average molecular weight is 668 g/mol. The highest BCUT2D eigenvalue weighted by Gasteiger charge is 2.32. The van der Waals surface area contributed by atoms with Crippen LogP contribution in [0.2, 0.25) is 5.02 Å². The van der Waals surface area contributed by atoms with Crippen molar-refractivity contribution in [3.05, 3.63) is 98.1 Å². The molecule has 3 aromatic heterocycles. The number of benzene rings is 2. The summed E-state index contributed by atoms with van der Waals surface area (Å²) in [6, 6.07) is 14.3. The van der Waals surface area contributed by atoms with Gasteiger partial charge in [0.1, 0.15) is 22.5 Å². The first kappa shape index (κ1) is 32.2. The highest BCUT2D eigenvalue weighted by molar-refractivity contribution is 7.15. The molecule has 0 fully saturated rings. The summed E-state index contributed by atoms with van der Waals surface area (Å²) in [6.07, 6.45) is 1.48. The van der Waals surface area contributed by atoms with E-state index in [4.69, 9.17) is 26.7 Å². The van der Waals surface area contributed by atoms with E-state index in [9.17, 15) is 9.59 Å². The lowest BCUT2D eigenvalue weighted by molar-refractivity contribution is -0.121. The minimum Gasteiger partial charge on any atom is -0.451 e. The molecule has 12 heteroatoms. The van der Waals surface area contributed by atoms with E-state index in [0.29, 0.717) is 42.4 Å². The Morgan fingerprint density at radius 1 is 1.04 bits per heavy atom. The van der Waals surface area contributed by atoms with Gasteiger partial charge >= 0.3 is 0 Å². The molecule has 5 aromatic rings. The largest absolute Gasteiger partial charge is 0.451 e. The summed E-state index contributed by atoms with van der Waals surface area (Å²) in [5.41, 5.74) is 10.8. The molecule has 1 atom stereocenters. The predicted molar refractivity (Wildman–Crippen MR) is 185 cm³/mol.